The van der Waals surface area contributed by atoms with Gasteiger partial charge in [0, 0.05) is 0 Å². The lowest BCUT2D eigenvalue weighted by atomic mass is 9.97. The molecule has 1 aromatic carbocycles. The van der Waals surface area contributed by atoms with Gasteiger partial charge in [0.2, 0.25) is 5.91 Å². The number of para-hydroxylation sites is 1. The summed E-state index contributed by atoms with van der Waals surface area (Å²) in [5.74, 6) is -1.80. The lowest BCUT2D eigenvalue weighted by molar-refractivity contribution is -0.147. The van der Waals surface area contributed by atoms with Gasteiger partial charge in [-0.05, 0) is 25.0 Å². The molecule has 1 saturated carbocycles. The Labute approximate surface area is 122 Å². The van der Waals surface area contributed by atoms with Crippen molar-refractivity contribution in [3.63, 3.8) is 0 Å². The van der Waals surface area contributed by atoms with Crippen LogP contribution < -0.4 is 10.1 Å². The Morgan fingerprint density at radius 3 is 2.57 bits per heavy atom. The van der Waals surface area contributed by atoms with Crippen molar-refractivity contribution in [2.24, 2.45) is 0 Å². The number of hydrogen-bond acceptors (Lipinski definition) is 3. The maximum absolute atomic E-state index is 13.3. The maximum atomic E-state index is 13.3. The van der Waals surface area contributed by atoms with Gasteiger partial charge in [0.1, 0.15) is 5.54 Å². The number of carbonyl (C=O) groups is 2. The first kappa shape index (κ1) is 15.3. The third-order valence-corrected chi connectivity index (χ3v) is 3.67. The van der Waals surface area contributed by atoms with E-state index in [-0.39, 0.29) is 18.8 Å². The predicted molar refractivity (Wildman–Crippen MR) is 73.5 cm³/mol. The number of benzene rings is 1. The summed E-state index contributed by atoms with van der Waals surface area (Å²) in [7, 11) is 0. The van der Waals surface area contributed by atoms with E-state index in [0.717, 1.165) is 12.8 Å². The Balaban J connectivity index is 1.82. The summed E-state index contributed by atoms with van der Waals surface area (Å²) in [4.78, 5) is 23.1. The fourth-order valence-electron chi connectivity index (χ4n) is 2.52. The second kappa shape index (κ2) is 6.56. The lowest BCUT2D eigenvalue weighted by Crippen LogP contribution is -2.52. The van der Waals surface area contributed by atoms with Gasteiger partial charge in [-0.1, -0.05) is 25.0 Å². The van der Waals surface area contributed by atoms with Crippen LogP contribution in [0.2, 0.25) is 0 Å². The molecule has 0 aliphatic heterocycles. The molecule has 0 saturated heterocycles. The van der Waals surface area contributed by atoms with E-state index in [2.05, 4.69) is 5.32 Å². The van der Waals surface area contributed by atoms with Crippen LogP contribution in [0.1, 0.15) is 32.1 Å². The number of rotatable bonds is 6. The third-order valence-electron chi connectivity index (χ3n) is 3.67. The summed E-state index contributed by atoms with van der Waals surface area (Å²) in [5.41, 5.74) is -1.14. The van der Waals surface area contributed by atoms with E-state index < -0.39 is 23.2 Å². The van der Waals surface area contributed by atoms with Crippen molar-refractivity contribution in [3.05, 3.63) is 30.1 Å². The minimum Gasteiger partial charge on any atom is -0.490 e. The monoisotopic (exact) mass is 295 g/mol. The summed E-state index contributed by atoms with van der Waals surface area (Å²) in [6.45, 7) is 0.00245. The zero-order chi connectivity index (χ0) is 15.3. The fourth-order valence-corrected chi connectivity index (χ4v) is 2.52. The molecule has 6 heteroatoms. The van der Waals surface area contributed by atoms with Crippen molar-refractivity contribution in [1.29, 1.82) is 0 Å². The molecule has 114 valence electrons. The van der Waals surface area contributed by atoms with E-state index in [1.807, 2.05) is 0 Å². The molecule has 0 spiro atoms. The molecular weight excluding hydrogens is 277 g/mol. The average Bonchev–Trinajstić information content (AvgIpc) is 2.91. The zero-order valence-corrected chi connectivity index (χ0v) is 11.6. The molecule has 0 radical (unpaired) electrons. The van der Waals surface area contributed by atoms with Crippen LogP contribution in [-0.2, 0) is 9.59 Å². The SMILES string of the molecule is O=C(CCOc1ccccc1F)NC1(C(=O)O)CCCC1. The fraction of sp³-hybridized carbons (Fsp3) is 0.467. The second-order valence-electron chi connectivity index (χ2n) is 5.17. The van der Waals surface area contributed by atoms with Gasteiger partial charge in [-0.15, -0.1) is 0 Å². The standard InChI is InChI=1S/C15H18FNO4/c16-11-5-1-2-6-12(11)21-10-7-13(18)17-15(14(19)20)8-3-4-9-15/h1-2,5-6H,3-4,7-10H2,(H,17,18)(H,19,20). The van der Waals surface area contributed by atoms with Gasteiger partial charge in [0.15, 0.2) is 11.6 Å². The van der Waals surface area contributed by atoms with Gasteiger partial charge in [0.25, 0.3) is 0 Å². The molecule has 2 rings (SSSR count). The summed E-state index contributed by atoms with van der Waals surface area (Å²) in [5, 5.41) is 11.8. The van der Waals surface area contributed by atoms with E-state index in [1.54, 1.807) is 12.1 Å². The molecule has 0 unspecified atom stereocenters. The Morgan fingerprint density at radius 1 is 1.29 bits per heavy atom. The molecule has 1 amide bonds. The first-order valence-electron chi connectivity index (χ1n) is 6.95. The number of amides is 1. The highest BCUT2D eigenvalue weighted by molar-refractivity contribution is 5.87. The van der Waals surface area contributed by atoms with Gasteiger partial charge in [0.05, 0.1) is 13.0 Å². The van der Waals surface area contributed by atoms with Crippen LogP contribution in [0.5, 0.6) is 5.75 Å². The number of ether oxygens (including phenoxy) is 1. The van der Waals surface area contributed by atoms with Crippen molar-refractivity contribution < 1.29 is 23.8 Å². The van der Waals surface area contributed by atoms with Crippen LogP contribution in [0.3, 0.4) is 0 Å². The van der Waals surface area contributed by atoms with Crippen molar-refractivity contribution in [1.82, 2.24) is 5.32 Å². The lowest BCUT2D eigenvalue weighted by Gasteiger charge is -2.25. The Morgan fingerprint density at radius 2 is 1.95 bits per heavy atom. The highest BCUT2D eigenvalue weighted by Crippen LogP contribution is 2.30. The third kappa shape index (κ3) is 3.71. The van der Waals surface area contributed by atoms with E-state index in [1.165, 1.54) is 12.1 Å². The molecule has 1 aliphatic carbocycles. The molecule has 1 aliphatic rings. The van der Waals surface area contributed by atoms with E-state index >= 15 is 0 Å². The predicted octanol–water partition coefficient (Wildman–Crippen LogP) is 2.11. The van der Waals surface area contributed by atoms with E-state index in [4.69, 9.17) is 4.74 Å². The van der Waals surface area contributed by atoms with Crippen molar-refractivity contribution >= 4 is 11.9 Å². The normalized spacial score (nSPS) is 16.4. The Kier molecular flexibility index (Phi) is 4.77. The van der Waals surface area contributed by atoms with Gasteiger partial charge in [-0.25, -0.2) is 9.18 Å². The highest BCUT2D eigenvalue weighted by Gasteiger charge is 2.42. The van der Waals surface area contributed by atoms with Crippen LogP contribution in [0, 0.1) is 5.82 Å². The van der Waals surface area contributed by atoms with Gasteiger partial charge in [-0.2, -0.15) is 0 Å². The topological polar surface area (TPSA) is 75.6 Å². The quantitative estimate of drug-likeness (QED) is 0.843. The van der Waals surface area contributed by atoms with Crippen molar-refractivity contribution in [2.75, 3.05) is 6.61 Å². The van der Waals surface area contributed by atoms with Crippen molar-refractivity contribution in [2.45, 2.75) is 37.6 Å². The number of carbonyl (C=O) groups excluding carboxylic acids is 1. The smallest absolute Gasteiger partial charge is 0.329 e. The van der Waals surface area contributed by atoms with Crippen LogP contribution in [0.4, 0.5) is 4.39 Å². The van der Waals surface area contributed by atoms with Crippen molar-refractivity contribution in [3.8, 4) is 5.75 Å². The number of carboxylic acid groups (broad SMARTS) is 1. The molecular formula is C15H18FNO4. The molecule has 2 N–H and O–H groups in total. The number of aliphatic carboxylic acids is 1. The number of hydrogen-bond donors (Lipinski definition) is 2. The van der Waals surface area contributed by atoms with E-state index in [0.29, 0.717) is 12.8 Å². The number of halogens is 1. The number of carboxylic acids is 1. The summed E-state index contributed by atoms with van der Waals surface area (Å²) in [6.07, 6.45) is 2.46. The summed E-state index contributed by atoms with van der Waals surface area (Å²) < 4.78 is 18.5. The van der Waals surface area contributed by atoms with Gasteiger partial charge < -0.3 is 15.2 Å². The molecule has 1 fully saturated rings. The molecule has 0 heterocycles. The van der Waals surface area contributed by atoms with Crippen LogP contribution in [-0.4, -0.2) is 29.1 Å². The maximum Gasteiger partial charge on any atom is 0.329 e. The Bertz CT molecular complexity index is 526. The van der Waals surface area contributed by atoms with Crippen LogP contribution >= 0.6 is 0 Å². The molecule has 0 atom stereocenters. The minimum atomic E-state index is -1.14. The van der Waals surface area contributed by atoms with E-state index in [9.17, 15) is 19.1 Å². The molecule has 5 nitrogen and oxygen atoms in total. The largest absolute Gasteiger partial charge is 0.490 e. The van der Waals surface area contributed by atoms with Gasteiger partial charge in [-0.3, -0.25) is 4.79 Å². The molecule has 0 bridgehead atoms. The summed E-state index contributed by atoms with van der Waals surface area (Å²) >= 11 is 0. The molecule has 1 aromatic rings. The minimum absolute atomic E-state index is 0.00245. The summed E-state index contributed by atoms with van der Waals surface area (Å²) in [6, 6.07) is 5.93. The highest BCUT2D eigenvalue weighted by atomic mass is 19.1. The van der Waals surface area contributed by atoms with Crippen LogP contribution in [0.15, 0.2) is 24.3 Å². The van der Waals surface area contributed by atoms with Crippen LogP contribution in [0.25, 0.3) is 0 Å². The number of nitrogens with one attached hydrogen (secondary N) is 1. The Hall–Kier alpha value is -2.11. The average molecular weight is 295 g/mol. The first-order chi connectivity index (χ1) is 10.0. The van der Waals surface area contributed by atoms with Gasteiger partial charge >= 0.3 is 5.97 Å². The molecule has 21 heavy (non-hydrogen) atoms. The zero-order valence-electron chi connectivity index (χ0n) is 11.6. The second-order valence-corrected chi connectivity index (χ2v) is 5.17. The first-order valence-corrected chi connectivity index (χ1v) is 6.95. The molecule has 0 aromatic heterocycles.